The maximum absolute atomic E-state index is 12.3. The minimum Gasteiger partial charge on any atom is -0.339 e. The topological polar surface area (TPSA) is 131 Å². The average Bonchev–Trinajstić information content (AvgIpc) is 2.55. The van der Waals surface area contributed by atoms with Gasteiger partial charge in [-0.3, -0.25) is 14.9 Å². The number of anilines is 2. The van der Waals surface area contributed by atoms with E-state index in [0.717, 1.165) is 0 Å². The first kappa shape index (κ1) is 17.3. The number of nitrogens with one attached hydrogen (secondary N) is 2. The standard InChI is InChI=1S/C14H14N4O5S/c1-2-13(19)17-24(22,23)12-7-4-8-15-14(12)16-10-5-3-6-11(9-10)18(20)21/h3-9H,2H2,1H3,(H,15,16)(H,17,19). The first-order chi connectivity index (χ1) is 11.3. The van der Waals surface area contributed by atoms with Gasteiger partial charge in [0.15, 0.2) is 5.82 Å². The van der Waals surface area contributed by atoms with Gasteiger partial charge >= 0.3 is 0 Å². The van der Waals surface area contributed by atoms with E-state index >= 15 is 0 Å². The van der Waals surface area contributed by atoms with Gasteiger partial charge in [0, 0.05) is 30.4 Å². The molecule has 0 aliphatic rings. The Morgan fingerprint density at radius 3 is 2.71 bits per heavy atom. The van der Waals surface area contributed by atoms with Gasteiger partial charge in [-0.25, -0.2) is 18.1 Å². The van der Waals surface area contributed by atoms with Crippen LogP contribution in [0, 0.1) is 10.1 Å². The number of nitro benzene ring substituents is 1. The van der Waals surface area contributed by atoms with Crippen molar-refractivity contribution in [3.05, 3.63) is 52.7 Å². The largest absolute Gasteiger partial charge is 0.339 e. The zero-order chi connectivity index (χ0) is 17.7. The molecule has 126 valence electrons. The predicted molar refractivity (Wildman–Crippen MR) is 86.2 cm³/mol. The molecule has 2 aromatic rings. The lowest BCUT2D eigenvalue weighted by Crippen LogP contribution is -2.30. The minimum atomic E-state index is -4.11. The maximum atomic E-state index is 12.3. The summed E-state index contributed by atoms with van der Waals surface area (Å²) in [5.74, 6) is -0.699. The molecule has 0 spiro atoms. The molecule has 10 heteroatoms. The highest BCUT2D eigenvalue weighted by atomic mass is 32.2. The van der Waals surface area contributed by atoms with E-state index in [1.807, 2.05) is 4.72 Å². The highest BCUT2D eigenvalue weighted by molar-refractivity contribution is 7.90. The Hall–Kier alpha value is -3.01. The highest BCUT2D eigenvalue weighted by Gasteiger charge is 2.21. The van der Waals surface area contributed by atoms with E-state index in [2.05, 4.69) is 10.3 Å². The number of carbonyl (C=O) groups is 1. The number of sulfonamides is 1. The molecule has 1 amide bonds. The molecule has 1 aromatic heterocycles. The van der Waals surface area contributed by atoms with Crippen molar-refractivity contribution in [2.45, 2.75) is 18.2 Å². The fraction of sp³-hybridized carbons (Fsp3) is 0.143. The van der Waals surface area contributed by atoms with Gasteiger partial charge < -0.3 is 5.32 Å². The summed E-state index contributed by atoms with van der Waals surface area (Å²) in [6, 6.07) is 8.22. The third-order valence-electron chi connectivity index (χ3n) is 2.95. The first-order valence-corrected chi connectivity index (χ1v) is 8.34. The van der Waals surface area contributed by atoms with Crippen molar-refractivity contribution in [2.24, 2.45) is 0 Å². The van der Waals surface area contributed by atoms with Gasteiger partial charge in [-0.1, -0.05) is 13.0 Å². The van der Waals surface area contributed by atoms with E-state index < -0.39 is 20.9 Å². The van der Waals surface area contributed by atoms with Crippen molar-refractivity contribution in [3.8, 4) is 0 Å². The molecule has 9 nitrogen and oxygen atoms in total. The second-order valence-electron chi connectivity index (χ2n) is 4.66. The summed E-state index contributed by atoms with van der Waals surface area (Å²) in [6.07, 6.45) is 1.37. The highest BCUT2D eigenvalue weighted by Crippen LogP contribution is 2.24. The number of aromatic nitrogens is 1. The second-order valence-corrected chi connectivity index (χ2v) is 6.32. The van der Waals surface area contributed by atoms with Crippen LogP contribution < -0.4 is 10.0 Å². The molecule has 0 aliphatic heterocycles. The number of hydrogen-bond donors (Lipinski definition) is 2. The zero-order valence-corrected chi connectivity index (χ0v) is 13.4. The van der Waals surface area contributed by atoms with E-state index in [1.165, 1.54) is 49.5 Å². The fourth-order valence-corrected chi connectivity index (χ4v) is 2.98. The van der Waals surface area contributed by atoms with E-state index in [4.69, 9.17) is 0 Å². The Labute approximate surface area is 137 Å². The number of pyridine rings is 1. The van der Waals surface area contributed by atoms with Crippen LogP contribution in [0.5, 0.6) is 0 Å². The molecule has 0 unspecified atom stereocenters. The summed E-state index contributed by atoms with van der Waals surface area (Å²) in [5, 5.41) is 13.5. The number of non-ortho nitro benzene ring substituents is 1. The van der Waals surface area contributed by atoms with Gasteiger partial charge in [-0.2, -0.15) is 0 Å². The van der Waals surface area contributed by atoms with Crippen molar-refractivity contribution in [3.63, 3.8) is 0 Å². The van der Waals surface area contributed by atoms with Crippen LogP contribution in [-0.2, 0) is 14.8 Å². The molecule has 0 aliphatic carbocycles. The van der Waals surface area contributed by atoms with Crippen molar-refractivity contribution in [2.75, 3.05) is 5.32 Å². The Kier molecular flexibility index (Phi) is 5.09. The van der Waals surface area contributed by atoms with Crippen LogP contribution in [0.25, 0.3) is 0 Å². The Balaban J connectivity index is 2.38. The number of rotatable bonds is 6. The van der Waals surface area contributed by atoms with Gasteiger partial charge in [-0.05, 0) is 18.2 Å². The third kappa shape index (κ3) is 4.04. The maximum Gasteiger partial charge on any atom is 0.271 e. The molecule has 0 bridgehead atoms. The Morgan fingerprint density at radius 1 is 1.29 bits per heavy atom. The molecule has 24 heavy (non-hydrogen) atoms. The normalized spacial score (nSPS) is 10.9. The zero-order valence-electron chi connectivity index (χ0n) is 12.6. The van der Waals surface area contributed by atoms with Crippen LogP contribution in [0.4, 0.5) is 17.2 Å². The summed E-state index contributed by atoms with van der Waals surface area (Å²) < 4.78 is 26.5. The van der Waals surface area contributed by atoms with Gasteiger partial charge in [0.1, 0.15) is 4.90 Å². The Bertz CT molecular complexity index is 882. The van der Waals surface area contributed by atoms with Crippen LogP contribution in [0.1, 0.15) is 13.3 Å². The number of nitro groups is 1. The van der Waals surface area contributed by atoms with Gasteiger partial charge in [0.2, 0.25) is 5.91 Å². The molecule has 2 N–H and O–H groups in total. The molecule has 1 heterocycles. The number of amides is 1. The van der Waals surface area contributed by atoms with Gasteiger partial charge in [-0.15, -0.1) is 0 Å². The molecule has 0 saturated heterocycles. The lowest BCUT2D eigenvalue weighted by Gasteiger charge is -2.11. The summed E-state index contributed by atoms with van der Waals surface area (Å²) in [4.78, 5) is 25.3. The van der Waals surface area contributed by atoms with Crippen molar-refractivity contribution < 1.29 is 18.1 Å². The van der Waals surface area contributed by atoms with Crippen LogP contribution >= 0.6 is 0 Å². The number of hydrogen-bond acceptors (Lipinski definition) is 7. The quantitative estimate of drug-likeness (QED) is 0.601. The molecular formula is C14H14N4O5S. The molecular weight excluding hydrogens is 336 g/mol. The number of benzene rings is 1. The summed E-state index contributed by atoms with van der Waals surface area (Å²) >= 11 is 0. The molecule has 0 radical (unpaired) electrons. The number of nitrogens with zero attached hydrogens (tertiary/aromatic N) is 2. The van der Waals surface area contributed by atoms with Crippen molar-refractivity contribution in [1.29, 1.82) is 0 Å². The number of carbonyl (C=O) groups excluding carboxylic acids is 1. The summed E-state index contributed by atoms with van der Waals surface area (Å²) in [7, 11) is -4.11. The van der Waals surface area contributed by atoms with E-state index in [1.54, 1.807) is 0 Å². The van der Waals surface area contributed by atoms with Crippen molar-refractivity contribution in [1.82, 2.24) is 9.71 Å². The second kappa shape index (κ2) is 7.04. The summed E-state index contributed by atoms with van der Waals surface area (Å²) in [5.41, 5.74) is 0.140. The first-order valence-electron chi connectivity index (χ1n) is 6.85. The fourth-order valence-electron chi connectivity index (χ4n) is 1.81. The van der Waals surface area contributed by atoms with Crippen LogP contribution in [0.2, 0.25) is 0 Å². The molecule has 2 rings (SSSR count). The molecule has 0 saturated carbocycles. The van der Waals surface area contributed by atoms with Crippen molar-refractivity contribution >= 4 is 33.1 Å². The third-order valence-corrected chi connectivity index (χ3v) is 4.35. The van der Waals surface area contributed by atoms with Crippen LogP contribution in [0.15, 0.2) is 47.5 Å². The van der Waals surface area contributed by atoms with Gasteiger partial charge in [0.25, 0.3) is 15.7 Å². The summed E-state index contributed by atoms with van der Waals surface area (Å²) in [6.45, 7) is 1.52. The van der Waals surface area contributed by atoms with Gasteiger partial charge in [0.05, 0.1) is 4.92 Å². The minimum absolute atomic E-state index is 0.00708. The lowest BCUT2D eigenvalue weighted by atomic mass is 10.3. The van der Waals surface area contributed by atoms with E-state index in [9.17, 15) is 23.3 Å². The SMILES string of the molecule is CCC(=O)NS(=O)(=O)c1cccnc1Nc1cccc([N+](=O)[O-])c1. The predicted octanol–water partition coefficient (Wildman–Crippen LogP) is 1.95. The average molecular weight is 350 g/mol. The van der Waals surface area contributed by atoms with E-state index in [-0.39, 0.29) is 22.8 Å². The molecule has 1 aromatic carbocycles. The lowest BCUT2D eigenvalue weighted by molar-refractivity contribution is -0.384. The monoisotopic (exact) mass is 350 g/mol. The Morgan fingerprint density at radius 2 is 2.04 bits per heavy atom. The van der Waals surface area contributed by atoms with Crippen LogP contribution in [-0.4, -0.2) is 24.2 Å². The van der Waals surface area contributed by atoms with Crippen LogP contribution in [0.3, 0.4) is 0 Å². The smallest absolute Gasteiger partial charge is 0.271 e. The van der Waals surface area contributed by atoms with E-state index in [0.29, 0.717) is 5.69 Å². The molecule has 0 fully saturated rings. The molecule has 0 atom stereocenters.